The number of thiophene rings is 1. The summed E-state index contributed by atoms with van der Waals surface area (Å²) in [6, 6.07) is 2.50. The molecule has 1 amide bonds. The van der Waals surface area contributed by atoms with E-state index in [1.54, 1.807) is 18.3 Å². The van der Waals surface area contributed by atoms with E-state index in [1.807, 2.05) is 0 Å². The van der Waals surface area contributed by atoms with Gasteiger partial charge >= 0.3 is 0 Å². The smallest absolute Gasteiger partial charge is 0.216 e. The largest absolute Gasteiger partial charge is 0.356 e. The second kappa shape index (κ2) is 7.54. The van der Waals surface area contributed by atoms with E-state index in [9.17, 15) is 4.79 Å². The number of carbonyl (C=O) groups is 1. The molecule has 2 rings (SSSR count). The molecule has 6 heteroatoms. The molecule has 1 saturated heterocycles. The summed E-state index contributed by atoms with van der Waals surface area (Å²) in [5.41, 5.74) is 5.97. The number of nitrogens with one attached hydrogen (secondary N) is 1. The Bertz CT molecular complexity index is 443. The fourth-order valence-corrected chi connectivity index (χ4v) is 4.30. The van der Waals surface area contributed by atoms with Gasteiger partial charge in [0.05, 0.1) is 6.04 Å². The van der Waals surface area contributed by atoms with Crippen LogP contribution in [0.5, 0.6) is 0 Å². The number of halogens is 1. The topological polar surface area (TPSA) is 58.4 Å². The quantitative estimate of drug-likeness (QED) is 0.848. The molecule has 0 saturated carbocycles. The van der Waals surface area contributed by atoms with Crippen molar-refractivity contribution in [1.29, 1.82) is 0 Å². The summed E-state index contributed by atoms with van der Waals surface area (Å²) in [5.74, 6) is 0.666. The van der Waals surface area contributed by atoms with Crippen molar-refractivity contribution in [2.24, 2.45) is 11.7 Å². The molecule has 1 fully saturated rings. The number of piperidine rings is 1. The highest BCUT2D eigenvalue weighted by Crippen LogP contribution is 2.31. The molecule has 1 aromatic heterocycles. The highest BCUT2D eigenvalue weighted by Gasteiger charge is 2.26. The van der Waals surface area contributed by atoms with Gasteiger partial charge < -0.3 is 11.1 Å². The first kappa shape index (κ1) is 15.9. The molecule has 1 aliphatic heterocycles. The molecular formula is C14H22BrN3OS. The number of nitrogens with zero attached hydrogens (tertiary/aromatic N) is 1. The molecule has 3 N–H and O–H groups in total. The van der Waals surface area contributed by atoms with Crippen molar-refractivity contribution < 1.29 is 4.79 Å². The van der Waals surface area contributed by atoms with E-state index in [0.29, 0.717) is 18.5 Å². The van der Waals surface area contributed by atoms with Crippen molar-refractivity contribution >= 4 is 33.2 Å². The lowest BCUT2D eigenvalue weighted by Crippen LogP contribution is -2.41. The van der Waals surface area contributed by atoms with Crippen LogP contribution >= 0.6 is 27.3 Å². The lowest BCUT2D eigenvalue weighted by Gasteiger charge is -2.36. The third-order valence-electron chi connectivity index (χ3n) is 3.87. The summed E-state index contributed by atoms with van der Waals surface area (Å²) in [6.45, 7) is 5.15. The first-order valence-corrected chi connectivity index (χ1v) is 8.70. The molecule has 1 unspecified atom stereocenters. The standard InChI is InChI=1S/C14H22BrN3OS/c1-10(19)17-8-11-2-4-18(5-3-11)13(7-16)14-6-12(15)9-20-14/h6,9,11,13H,2-5,7-8,16H2,1H3,(H,17,19). The number of hydrogen-bond acceptors (Lipinski definition) is 4. The predicted octanol–water partition coefficient (Wildman–Crippen LogP) is 2.36. The van der Waals surface area contributed by atoms with Crippen LogP contribution in [0.15, 0.2) is 15.9 Å². The summed E-state index contributed by atoms with van der Waals surface area (Å²) >= 11 is 5.27. The van der Waals surface area contributed by atoms with E-state index in [4.69, 9.17) is 5.73 Å². The van der Waals surface area contributed by atoms with E-state index in [0.717, 1.165) is 36.9 Å². The van der Waals surface area contributed by atoms with Crippen molar-refractivity contribution in [3.63, 3.8) is 0 Å². The van der Waals surface area contributed by atoms with Crippen LogP contribution in [0.25, 0.3) is 0 Å². The Balaban J connectivity index is 1.87. The van der Waals surface area contributed by atoms with E-state index >= 15 is 0 Å². The van der Waals surface area contributed by atoms with Crippen LogP contribution in [-0.2, 0) is 4.79 Å². The van der Waals surface area contributed by atoms with Crippen molar-refractivity contribution in [1.82, 2.24) is 10.2 Å². The normalized spacial score (nSPS) is 18.9. The van der Waals surface area contributed by atoms with Crippen molar-refractivity contribution in [2.75, 3.05) is 26.2 Å². The Morgan fingerprint density at radius 3 is 2.80 bits per heavy atom. The van der Waals surface area contributed by atoms with Crippen molar-refractivity contribution in [3.05, 3.63) is 20.8 Å². The van der Waals surface area contributed by atoms with Gasteiger partial charge in [0, 0.05) is 34.7 Å². The maximum absolute atomic E-state index is 11.0. The molecule has 0 spiro atoms. The molecule has 112 valence electrons. The maximum atomic E-state index is 11.0. The summed E-state index contributed by atoms with van der Waals surface area (Å²) in [5, 5.41) is 5.03. The second-order valence-electron chi connectivity index (χ2n) is 5.34. The minimum atomic E-state index is 0.0655. The molecule has 0 aromatic carbocycles. The Labute approximate surface area is 132 Å². The van der Waals surface area contributed by atoms with Gasteiger partial charge in [0.15, 0.2) is 0 Å². The fraction of sp³-hybridized carbons (Fsp3) is 0.643. The third kappa shape index (κ3) is 4.28. The zero-order valence-corrected chi connectivity index (χ0v) is 14.2. The average molecular weight is 360 g/mol. The summed E-state index contributed by atoms with van der Waals surface area (Å²) < 4.78 is 1.14. The van der Waals surface area contributed by atoms with Crippen LogP contribution < -0.4 is 11.1 Å². The van der Waals surface area contributed by atoms with Gasteiger partial charge in [-0.3, -0.25) is 9.69 Å². The summed E-state index contributed by atoms with van der Waals surface area (Å²) in [4.78, 5) is 14.8. The second-order valence-corrected chi connectivity index (χ2v) is 7.19. The minimum Gasteiger partial charge on any atom is -0.356 e. The SMILES string of the molecule is CC(=O)NCC1CCN(C(CN)c2cc(Br)cs2)CC1. The molecule has 1 aliphatic rings. The molecule has 20 heavy (non-hydrogen) atoms. The Kier molecular flexibility index (Phi) is 6.01. The van der Waals surface area contributed by atoms with Crippen LogP contribution in [0.1, 0.15) is 30.7 Å². The van der Waals surface area contributed by atoms with Crippen LogP contribution in [0.3, 0.4) is 0 Å². The fourth-order valence-electron chi connectivity index (χ4n) is 2.70. The molecular weight excluding hydrogens is 338 g/mol. The Morgan fingerprint density at radius 2 is 2.30 bits per heavy atom. The number of carbonyl (C=O) groups excluding carboxylic acids is 1. The van der Waals surface area contributed by atoms with Crippen LogP contribution in [-0.4, -0.2) is 37.0 Å². The van der Waals surface area contributed by atoms with Crippen molar-refractivity contribution in [3.8, 4) is 0 Å². The van der Waals surface area contributed by atoms with E-state index in [-0.39, 0.29) is 5.91 Å². The molecule has 0 aliphatic carbocycles. The number of nitrogens with two attached hydrogens (primary N) is 1. The zero-order valence-electron chi connectivity index (χ0n) is 11.8. The molecule has 0 radical (unpaired) electrons. The van der Waals surface area contributed by atoms with Crippen LogP contribution in [0.2, 0.25) is 0 Å². The van der Waals surface area contributed by atoms with Gasteiger partial charge in [0.25, 0.3) is 0 Å². The minimum absolute atomic E-state index is 0.0655. The maximum Gasteiger partial charge on any atom is 0.216 e. The highest BCUT2D eigenvalue weighted by molar-refractivity contribution is 9.10. The average Bonchev–Trinajstić information content (AvgIpc) is 2.85. The molecule has 1 atom stereocenters. The van der Waals surface area contributed by atoms with Gasteiger partial charge in [-0.2, -0.15) is 0 Å². The molecule has 1 aromatic rings. The van der Waals surface area contributed by atoms with Gasteiger partial charge in [0.2, 0.25) is 5.91 Å². The number of amides is 1. The molecule has 0 bridgehead atoms. The van der Waals surface area contributed by atoms with E-state index in [2.05, 4.69) is 37.6 Å². The highest BCUT2D eigenvalue weighted by atomic mass is 79.9. The first-order valence-electron chi connectivity index (χ1n) is 7.02. The van der Waals surface area contributed by atoms with Crippen molar-refractivity contribution in [2.45, 2.75) is 25.8 Å². The van der Waals surface area contributed by atoms with E-state index in [1.165, 1.54) is 4.88 Å². The van der Waals surface area contributed by atoms with Gasteiger partial charge in [-0.05, 0) is 53.8 Å². The lowest BCUT2D eigenvalue weighted by atomic mass is 9.95. The monoisotopic (exact) mass is 359 g/mol. The summed E-state index contributed by atoms with van der Waals surface area (Å²) in [7, 11) is 0. The van der Waals surface area contributed by atoms with Gasteiger partial charge in [-0.15, -0.1) is 11.3 Å². The van der Waals surface area contributed by atoms with Crippen LogP contribution in [0.4, 0.5) is 0 Å². The predicted molar refractivity (Wildman–Crippen MR) is 86.8 cm³/mol. The number of rotatable bonds is 5. The zero-order chi connectivity index (χ0) is 14.5. The van der Waals surface area contributed by atoms with Crippen LogP contribution in [0, 0.1) is 5.92 Å². The number of hydrogen-bond donors (Lipinski definition) is 2. The summed E-state index contributed by atoms with van der Waals surface area (Å²) in [6.07, 6.45) is 2.26. The Morgan fingerprint density at radius 1 is 1.60 bits per heavy atom. The Hall–Kier alpha value is -0.430. The van der Waals surface area contributed by atoms with Gasteiger partial charge in [-0.1, -0.05) is 0 Å². The lowest BCUT2D eigenvalue weighted by molar-refractivity contribution is -0.119. The molecule has 2 heterocycles. The first-order chi connectivity index (χ1) is 9.60. The number of likely N-dealkylation sites (tertiary alicyclic amines) is 1. The molecule has 4 nitrogen and oxygen atoms in total. The van der Waals surface area contributed by atoms with Gasteiger partial charge in [0.1, 0.15) is 0 Å². The van der Waals surface area contributed by atoms with Gasteiger partial charge in [-0.25, -0.2) is 0 Å². The van der Waals surface area contributed by atoms with E-state index < -0.39 is 0 Å². The third-order valence-corrected chi connectivity index (χ3v) is 5.66.